The second-order valence-electron chi connectivity index (χ2n) is 6.80. The quantitative estimate of drug-likeness (QED) is 0.717. The first-order valence-electron chi connectivity index (χ1n) is 7.85. The lowest BCUT2D eigenvalue weighted by atomic mass is 9.83. The number of rotatable bonds is 7. The summed E-state index contributed by atoms with van der Waals surface area (Å²) in [5.41, 5.74) is 1.58. The van der Waals surface area contributed by atoms with Crippen molar-refractivity contribution in [2.45, 2.75) is 59.4 Å². The summed E-state index contributed by atoms with van der Waals surface area (Å²) >= 11 is 5.97. The molecule has 0 amide bonds. The summed E-state index contributed by atoms with van der Waals surface area (Å²) in [6.07, 6.45) is 3.63. The van der Waals surface area contributed by atoms with E-state index in [1.807, 2.05) is 12.1 Å². The third-order valence-corrected chi connectivity index (χ3v) is 4.27. The number of benzene rings is 1. The molecule has 114 valence electrons. The van der Waals surface area contributed by atoms with Crippen molar-refractivity contribution >= 4 is 11.6 Å². The van der Waals surface area contributed by atoms with Gasteiger partial charge in [0.25, 0.3) is 0 Å². The largest absolute Gasteiger partial charge is 0.312 e. The molecule has 1 unspecified atom stereocenters. The van der Waals surface area contributed by atoms with Crippen molar-refractivity contribution in [3.05, 3.63) is 34.9 Å². The second-order valence-corrected chi connectivity index (χ2v) is 7.23. The zero-order chi connectivity index (χ0) is 15.2. The van der Waals surface area contributed by atoms with Crippen molar-refractivity contribution in [1.29, 1.82) is 0 Å². The molecule has 1 aromatic rings. The minimum absolute atomic E-state index is 0.185. The monoisotopic (exact) mass is 295 g/mol. The molecule has 0 aliphatic carbocycles. The highest BCUT2D eigenvalue weighted by atomic mass is 35.5. The Morgan fingerprint density at radius 2 is 1.55 bits per heavy atom. The van der Waals surface area contributed by atoms with Crippen LogP contribution < -0.4 is 5.32 Å². The Kier molecular flexibility index (Phi) is 7.05. The lowest BCUT2D eigenvalue weighted by molar-refractivity contribution is 0.270. The fourth-order valence-electron chi connectivity index (χ4n) is 2.72. The van der Waals surface area contributed by atoms with Crippen LogP contribution >= 0.6 is 11.6 Å². The molecule has 1 rings (SSSR count). The van der Waals surface area contributed by atoms with Crippen molar-refractivity contribution in [1.82, 2.24) is 5.32 Å². The molecule has 20 heavy (non-hydrogen) atoms. The predicted octanol–water partition coefficient (Wildman–Crippen LogP) is 5.32. The third-order valence-electron chi connectivity index (χ3n) is 4.02. The smallest absolute Gasteiger partial charge is 0.0406 e. The topological polar surface area (TPSA) is 12.0 Å². The molecule has 0 aliphatic heterocycles. The van der Waals surface area contributed by atoms with Crippen LogP contribution in [0.5, 0.6) is 0 Å². The van der Waals surface area contributed by atoms with E-state index >= 15 is 0 Å². The standard InChI is InChI=1S/C18H30ClN/c1-6-15(7-2)16(13-20-18(3,4)5)12-14-8-10-17(19)11-9-14/h8-11,15-16,20H,6-7,12-13H2,1-5H3. The van der Waals surface area contributed by atoms with Gasteiger partial charge in [-0.15, -0.1) is 0 Å². The summed E-state index contributed by atoms with van der Waals surface area (Å²) in [6, 6.07) is 8.32. The Hall–Kier alpha value is -0.530. The highest BCUT2D eigenvalue weighted by molar-refractivity contribution is 6.30. The molecule has 1 nitrogen and oxygen atoms in total. The lowest BCUT2D eigenvalue weighted by Crippen LogP contribution is -2.41. The number of nitrogens with one attached hydrogen (secondary N) is 1. The van der Waals surface area contributed by atoms with Crippen LogP contribution in [0.3, 0.4) is 0 Å². The molecule has 0 fully saturated rings. The van der Waals surface area contributed by atoms with Crippen LogP contribution in [0.2, 0.25) is 5.02 Å². The molecule has 1 aromatic carbocycles. The minimum Gasteiger partial charge on any atom is -0.312 e. The van der Waals surface area contributed by atoms with Gasteiger partial charge in [-0.05, 0) is 63.3 Å². The zero-order valence-electron chi connectivity index (χ0n) is 13.7. The molecule has 0 spiro atoms. The molecule has 2 heteroatoms. The third kappa shape index (κ3) is 6.28. The summed E-state index contributed by atoms with van der Waals surface area (Å²) < 4.78 is 0. The van der Waals surface area contributed by atoms with Crippen molar-refractivity contribution in [3.8, 4) is 0 Å². The van der Waals surface area contributed by atoms with Crippen molar-refractivity contribution < 1.29 is 0 Å². The Morgan fingerprint density at radius 3 is 2.00 bits per heavy atom. The molecule has 0 radical (unpaired) electrons. The van der Waals surface area contributed by atoms with Gasteiger partial charge in [0.2, 0.25) is 0 Å². The Bertz CT molecular complexity index is 373. The Morgan fingerprint density at radius 1 is 1.00 bits per heavy atom. The first kappa shape index (κ1) is 17.5. The van der Waals surface area contributed by atoms with E-state index in [0.29, 0.717) is 5.92 Å². The van der Waals surface area contributed by atoms with E-state index < -0.39 is 0 Å². The van der Waals surface area contributed by atoms with E-state index in [4.69, 9.17) is 11.6 Å². The Balaban J connectivity index is 2.73. The molecule has 1 N–H and O–H groups in total. The summed E-state index contributed by atoms with van der Waals surface area (Å²) in [5, 5.41) is 4.50. The summed E-state index contributed by atoms with van der Waals surface area (Å²) in [5.74, 6) is 1.46. The van der Waals surface area contributed by atoms with Crippen LogP contribution in [0.4, 0.5) is 0 Å². The normalized spacial score (nSPS) is 13.8. The highest BCUT2D eigenvalue weighted by Crippen LogP contribution is 2.24. The summed E-state index contributed by atoms with van der Waals surface area (Å²) in [4.78, 5) is 0. The maximum Gasteiger partial charge on any atom is 0.0406 e. The molecule has 1 atom stereocenters. The van der Waals surface area contributed by atoms with Crippen molar-refractivity contribution in [2.24, 2.45) is 11.8 Å². The number of halogens is 1. The van der Waals surface area contributed by atoms with Gasteiger partial charge in [-0.2, -0.15) is 0 Å². The molecule has 0 aromatic heterocycles. The molecular formula is C18H30ClN. The molecule has 0 heterocycles. The van der Waals surface area contributed by atoms with Crippen molar-refractivity contribution in [3.63, 3.8) is 0 Å². The van der Waals surface area contributed by atoms with Crippen LogP contribution in [0.15, 0.2) is 24.3 Å². The van der Waals surface area contributed by atoms with E-state index in [1.54, 1.807) is 0 Å². The first-order chi connectivity index (χ1) is 9.35. The molecular weight excluding hydrogens is 266 g/mol. The van der Waals surface area contributed by atoms with Gasteiger partial charge in [-0.25, -0.2) is 0 Å². The molecule has 0 saturated carbocycles. The first-order valence-corrected chi connectivity index (χ1v) is 8.23. The highest BCUT2D eigenvalue weighted by Gasteiger charge is 2.21. The number of hydrogen-bond acceptors (Lipinski definition) is 1. The molecule has 0 saturated heterocycles. The van der Waals surface area contributed by atoms with E-state index in [9.17, 15) is 0 Å². The Labute approximate surface area is 130 Å². The second kappa shape index (κ2) is 8.05. The van der Waals surface area contributed by atoms with Crippen molar-refractivity contribution in [2.75, 3.05) is 6.54 Å². The van der Waals surface area contributed by atoms with Crippen LogP contribution in [0.1, 0.15) is 53.0 Å². The SMILES string of the molecule is CCC(CC)C(CNC(C)(C)C)Cc1ccc(Cl)cc1. The van der Waals surface area contributed by atoms with E-state index in [1.165, 1.54) is 18.4 Å². The summed E-state index contributed by atoms with van der Waals surface area (Å²) in [7, 11) is 0. The number of hydrogen-bond donors (Lipinski definition) is 1. The average molecular weight is 296 g/mol. The van der Waals surface area contributed by atoms with Gasteiger partial charge in [0.15, 0.2) is 0 Å². The van der Waals surface area contributed by atoms with Gasteiger partial charge < -0.3 is 5.32 Å². The maximum absolute atomic E-state index is 5.97. The van der Waals surface area contributed by atoms with Gasteiger partial charge in [0.1, 0.15) is 0 Å². The van der Waals surface area contributed by atoms with Gasteiger partial charge >= 0.3 is 0 Å². The fraction of sp³-hybridized carbons (Fsp3) is 0.667. The molecule has 0 aliphatic rings. The van der Waals surface area contributed by atoms with Gasteiger partial charge in [0, 0.05) is 10.6 Å². The fourth-order valence-corrected chi connectivity index (χ4v) is 2.85. The van der Waals surface area contributed by atoms with Crippen LogP contribution in [0, 0.1) is 11.8 Å². The zero-order valence-corrected chi connectivity index (χ0v) is 14.4. The van der Waals surface area contributed by atoms with Crippen LogP contribution in [-0.4, -0.2) is 12.1 Å². The van der Waals surface area contributed by atoms with E-state index in [-0.39, 0.29) is 5.54 Å². The summed E-state index contributed by atoms with van der Waals surface area (Å²) in [6.45, 7) is 12.4. The van der Waals surface area contributed by atoms with E-state index in [2.05, 4.69) is 52.1 Å². The van der Waals surface area contributed by atoms with Gasteiger partial charge in [-0.1, -0.05) is 50.4 Å². The predicted molar refractivity (Wildman–Crippen MR) is 90.5 cm³/mol. The van der Waals surface area contributed by atoms with Gasteiger partial charge in [-0.3, -0.25) is 0 Å². The van der Waals surface area contributed by atoms with E-state index in [0.717, 1.165) is 23.9 Å². The lowest BCUT2D eigenvalue weighted by Gasteiger charge is -2.30. The molecule has 0 bridgehead atoms. The average Bonchev–Trinajstić information content (AvgIpc) is 2.38. The maximum atomic E-state index is 5.97. The van der Waals surface area contributed by atoms with Crippen LogP contribution in [0.25, 0.3) is 0 Å². The van der Waals surface area contributed by atoms with Gasteiger partial charge in [0.05, 0.1) is 0 Å². The van der Waals surface area contributed by atoms with Crippen LogP contribution in [-0.2, 0) is 6.42 Å². The minimum atomic E-state index is 0.185.